The lowest BCUT2D eigenvalue weighted by Crippen LogP contribution is -2.48. The highest BCUT2D eigenvalue weighted by atomic mass is 19.1. The van der Waals surface area contributed by atoms with Gasteiger partial charge in [0.25, 0.3) is 5.91 Å². The quantitative estimate of drug-likeness (QED) is 0.831. The molecule has 26 heavy (non-hydrogen) atoms. The SMILES string of the molecule is O=C(c1ccc(F)cc1)N1CCC2(CC1)CCN(c1ncccn1)CC2. The third-order valence-electron chi connectivity index (χ3n) is 5.86. The molecule has 3 heterocycles. The first-order chi connectivity index (χ1) is 12.7. The lowest BCUT2D eigenvalue weighted by atomic mass is 9.71. The van der Waals surface area contributed by atoms with Crippen LogP contribution in [0.25, 0.3) is 0 Å². The number of likely N-dealkylation sites (tertiary alicyclic amines) is 1. The molecule has 2 saturated heterocycles. The number of amides is 1. The average Bonchev–Trinajstić information content (AvgIpc) is 2.70. The summed E-state index contributed by atoms with van der Waals surface area (Å²) in [5.41, 5.74) is 0.892. The van der Waals surface area contributed by atoms with Gasteiger partial charge >= 0.3 is 0 Å². The Hall–Kier alpha value is -2.50. The highest BCUT2D eigenvalue weighted by Crippen LogP contribution is 2.41. The van der Waals surface area contributed by atoms with Crippen LogP contribution in [0, 0.1) is 11.2 Å². The van der Waals surface area contributed by atoms with Crippen molar-refractivity contribution in [3.63, 3.8) is 0 Å². The van der Waals surface area contributed by atoms with Gasteiger partial charge in [0, 0.05) is 44.1 Å². The van der Waals surface area contributed by atoms with Crippen LogP contribution in [-0.2, 0) is 0 Å². The molecule has 4 rings (SSSR count). The molecule has 0 bridgehead atoms. The second kappa shape index (κ2) is 7.02. The van der Waals surface area contributed by atoms with Crippen molar-refractivity contribution in [2.75, 3.05) is 31.1 Å². The van der Waals surface area contributed by atoms with Crippen molar-refractivity contribution in [2.45, 2.75) is 25.7 Å². The molecule has 5 nitrogen and oxygen atoms in total. The standard InChI is InChI=1S/C20H23FN4O/c21-17-4-2-16(3-5-17)18(26)24-12-6-20(7-13-24)8-14-25(15-9-20)19-22-10-1-11-23-19/h1-5,10-11H,6-9,12-15H2. The number of anilines is 1. The Morgan fingerprint density at radius 2 is 1.50 bits per heavy atom. The Labute approximate surface area is 152 Å². The van der Waals surface area contributed by atoms with E-state index in [4.69, 9.17) is 0 Å². The maximum atomic E-state index is 13.0. The highest BCUT2D eigenvalue weighted by molar-refractivity contribution is 5.94. The molecule has 0 unspecified atom stereocenters. The minimum absolute atomic E-state index is 0.00923. The number of carbonyl (C=O) groups excluding carboxylic acids is 1. The fourth-order valence-electron chi connectivity index (χ4n) is 4.09. The van der Waals surface area contributed by atoms with Crippen molar-refractivity contribution in [2.24, 2.45) is 5.41 Å². The van der Waals surface area contributed by atoms with Crippen LogP contribution in [-0.4, -0.2) is 47.0 Å². The topological polar surface area (TPSA) is 49.3 Å². The van der Waals surface area contributed by atoms with E-state index in [2.05, 4.69) is 14.9 Å². The van der Waals surface area contributed by atoms with Crippen LogP contribution >= 0.6 is 0 Å². The molecule has 2 aromatic rings. The summed E-state index contributed by atoms with van der Waals surface area (Å²) in [6, 6.07) is 7.67. The lowest BCUT2D eigenvalue weighted by Gasteiger charge is -2.46. The number of rotatable bonds is 2. The summed E-state index contributed by atoms with van der Waals surface area (Å²) in [5.74, 6) is 0.509. The third-order valence-corrected chi connectivity index (χ3v) is 5.86. The van der Waals surface area contributed by atoms with Crippen LogP contribution in [0.5, 0.6) is 0 Å². The molecule has 0 saturated carbocycles. The Morgan fingerprint density at radius 3 is 2.12 bits per heavy atom. The summed E-state index contributed by atoms with van der Waals surface area (Å²) in [6.45, 7) is 3.49. The fourth-order valence-corrected chi connectivity index (χ4v) is 4.09. The zero-order chi connectivity index (χ0) is 18.0. The summed E-state index contributed by atoms with van der Waals surface area (Å²) in [5, 5.41) is 0. The minimum atomic E-state index is -0.312. The number of halogens is 1. The Kier molecular flexibility index (Phi) is 4.57. The maximum Gasteiger partial charge on any atom is 0.253 e. The predicted molar refractivity (Wildman–Crippen MR) is 97.4 cm³/mol. The molecule has 0 atom stereocenters. The first-order valence-electron chi connectivity index (χ1n) is 9.22. The van der Waals surface area contributed by atoms with E-state index < -0.39 is 0 Å². The summed E-state index contributed by atoms with van der Waals surface area (Å²) >= 11 is 0. The van der Waals surface area contributed by atoms with Gasteiger partial charge < -0.3 is 9.80 Å². The summed E-state index contributed by atoms with van der Waals surface area (Å²) in [7, 11) is 0. The van der Waals surface area contributed by atoms with Crippen LogP contribution < -0.4 is 4.90 Å². The van der Waals surface area contributed by atoms with E-state index in [9.17, 15) is 9.18 Å². The zero-order valence-corrected chi connectivity index (χ0v) is 14.8. The number of benzene rings is 1. The second-order valence-corrected chi connectivity index (χ2v) is 7.33. The number of carbonyl (C=O) groups is 1. The van der Waals surface area contributed by atoms with E-state index in [1.165, 1.54) is 12.1 Å². The largest absolute Gasteiger partial charge is 0.341 e. The average molecular weight is 354 g/mol. The second-order valence-electron chi connectivity index (χ2n) is 7.33. The molecule has 2 aliphatic heterocycles. The van der Waals surface area contributed by atoms with Crippen molar-refractivity contribution in [3.05, 3.63) is 54.1 Å². The van der Waals surface area contributed by atoms with Crippen molar-refractivity contribution in [3.8, 4) is 0 Å². The van der Waals surface area contributed by atoms with Crippen LogP contribution in [0.1, 0.15) is 36.0 Å². The number of hydrogen-bond donors (Lipinski definition) is 0. The molecule has 1 aromatic carbocycles. The monoisotopic (exact) mass is 354 g/mol. The Balaban J connectivity index is 1.34. The zero-order valence-electron chi connectivity index (χ0n) is 14.8. The van der Waals surface area contributed by atoms with Crippen molar-refractivity contribution >= 4 is 11.9 Å². The van der Waals surface area contributed by atoms with Gasteiger partial charge in [0.2, 0.25) is 5.95 Å². The van der Waals surface area contributed by atoms with Gasteiger partial charge in [-0.25, -0.2) is 14.4 Å². The molecule has 1 amide bonds. The predicted octanol–water partition coefficient (Wildman–Crippen LogP) is 3.14. The molecule has 2 fully saturated rings. The summed E-state index contributed by atoms with van der Waals surface area (Å²) in [6.07, 6.45) is 7.86. The van der Waals surface area contributed by atoms with Crippen LogP contribution in [0.15, 0.2) is 42.7 Å². The summed E-state index contributed by atoms with van der Waals surface area (Å²) in [4.78, 5) is 25.4. The van der Waals surface area contributed by atoms with Gasteiger partial charge in [-0.3, -0.25) is 4.79 Å². The first-order valence-corrected chi connectivity index (χ1v) is 9.22. The molecule has 0 N–H and O–H groups in total. The highest BCUT2D eigenvalue weighted by Gasteiger charge is 2.39. The van der Waals surface area contributed by atoms with E-state index in [1.54, 1.807) is 24.5 Å². The number of hydrogen-bond acceptors (Lipinski definition) is 4. The molecule has 1 aromatic heterocycles. The van der Waals surface area contributed by atoms with E-state index >= 15 is 0 Å². The normalized spacial score (nSPS) is 19.6. The van der Waals surface area contributed by atoms with Gasteiger partial charge in [-0.15, -0.1) is 0 Å². The van der Waals surface area contributed by atoms with Crippen LogP contribution in [0.2, 0.25) is 0 Å². The molecule has 136 valence electrons. The van der Waals surface area contributed by atoms with Crippen molar-refractivity contribution < 1.29 is 9.18 Å². The van der Waals surface area contributed by atoms with Gasteiger partial charge in [0.1, 0.15) is 5.82 Å². The number of aromatic nitrogens is 2. The van der Waals surface area contributed by atoms with Gasteiger partial charge in [0.15, 0.2) is 0 Å². The Bertz CT molecular complexity index is 747. The van der Waals surface area contributed by atoms with Crippen molar-refractivity contribution in [1.29, 1.82) is 0 Å². The number of piperidine rings is 2. The van der Waals surface area contributed by atoms with E-state index in [-0.39, 0.29) is 11.7 Å². The van der Waals surface area contributed by atoms with E-state index in [0.29, 0.717) is 11.0 Å². The van der Waals surface area contributed by atoms with Gasteiger partial charge in [0.05, 0.1) is 0 Å². The molecule has 6 heteroatoms. The maximum absolute atomic E-state index is 13.0. The van der Waals surface area contributed by atoms with Gasteiger partial charge in [-0.1, -0.05) is 0 Å². The first kappa shape index (κ1) is 16.9. The fraction of sp³-hybridized carbons (Fsp3) is 0.450. The van der Waals surface area contributed by atoms with Gasteiger partial charge in [-0.2, -0.15) is 0 Å². The molecule has 0 aliphatic carbocycles. The smallest absolute Gasteiger partial charge is 0.253 e. The molecule has 0 radical (unpaired) electrons. The Morgan fingerprint density at radius 1 is 0.923 bits per heavy atom. The van der Waals surface area contributed by atoms with Gasteiger partial charge in [-0.05, 0) is 61.4 Å². The molecular formula is C20H23FN4O. The molecule has 1 spiro atoms. The molecule has 2 aliphatic rings. The minimum Gasteiger partial charge on any atom is -0.341 e. The molecular weight excluding hydrogens is 331 g/mol. The van der Waals surface area contributed by atoms with E-state index in [0.717, 1.165) is 57.8 Å². The number of nitrogens with zero attached hydrogens (tertiary/aromatic N) is 4. The van der Waals surface area contributed by atoms with Crippen molar-refractivity contribution in [1.82, 2.24) is 14.9 Å². The summed E-state index contributed by atoms with van der Waals surface area (Å²) < 4.78 is 13.0. The van der Waals surface area contributed by atoms with Crippen LogP contribution in [0.3, 0.4) is 0 Å². The van der Waals surface area contributed by atoms with Crippen LogP contribution in [0.4, 0.5) is 10.3 Å². The lowest BCUT2D eigenvalue weighted by molar-refractivity contribution is 0.0514. The third kappa shape index (κ3) is 3.41. The van der Waals surface area contributed by atoms with E-state index in [1.807, 2.05) is 11.0 Å².